The van der Waals surface area contributed by atoms with Crippen LogP contribution < -0.4 is 10.2 Å². The Morgan fingerprint density at radius 3 is 2.63 bits per heavy atom. The SMILES string of the molecule is CCN1CCCc2cc(CN(C3CCCC3)S(=O)(=O)c3ccc(NCc4c[nH]cn4)cc3)ccc21. The fourth-order valence-corrected chi connectivity index (χ4v) is 7.07. The number of benzene rings is 2. The molecule has 0 radical (unpaired) electrons. The van der Waals surface area contributed by atoms with Crippen molar-refractivity contribution in [3.63, 3.8) is 0 Å². The average Bonchev–Trinajstić information content (AvgIpc) is 3.60. The monoisotopic (exact) mass is 493 g/mol. The van der Waals surface area contributed by atoms with E-state index in [0.29, 0.717) is 18.0 Å². The molecule has 2 heterocycles. The van der Waals surface area contributed by atoms with E-state index in [1.165, 1.54) is 11.3 Å². The third-order valence-corrected chi connectivity index (χ3v) is 9.21. The highest BCUT2D eigenvalue weighted by atomic mass is 32.2. The minimum atomic E-state index is -3.62. The van der Waals surface area contributed by atoms with Gasteiger partial charge in [-0.05, 0) is 74.1 Å². The molecular formula is C27H35N5O2S. The zero-order valence-electron chi connectivity index (χ0n) is 20.4. The minimum Gasteiger partial charge on any atom is -0.379 e. The maximum Gasteiger partial charge on any atom is 0.243 e. The number of aryl methyl sites for hydroxylation is 1. The molecule has 1 aliphatic carbocycles. The molecule has 0 saturated heterocycles. The van der Waals surface area contributed by atoms with Gasteiger partial charge in [-0.2, -0.15) is 4.31 Å². The van der Waals surface area contributed by atoms with Crippen molar-refractivity contribution in [1.82, 2.24) is 14.3 Å². The van der Waals surface area contributed by atoms with E-state index in [9.17, 15) is 8.42 Å². The second-order valence-electron chi connectivity index (χ2n) is 9.57. The molecule has 2 N–H and O–H groups in total. The van der Waals surface area contributed by atoms with E-state index in [-0.39, 0.29) is 6.04 Å². The number of rotatable bonds is 9. The lowest BCUT2D eigenvalue weighted by Crippen LogP contribution is -2.38. The molecule has 0 amide bonds. The number of hydrogen-bond donors (Lipinski definition) is 2. The van der Waals surface area contributed by atoms with E-state index in [2.05, 4.69) is 45.3 Å². The number of fused-ring (bicyclic) bond motifs is 1. The van der Waals surface area contributed by atoms with Crippen LogP contribution in [-0.4, -0.2) is 41.8 Å². The second-order valence-corrected chi connectivity index (χ2v) is 11.5. The molecule has 0 spiro atoms. The lowest BCUT2D eigenvalue weighted by molar-refractivity contribution is 0.316. The molecule has 7 nitrogen and oxygen atoms in total. The van der Waals surface area contributed by atoms with E-state index in [4.69, 9.17) is 0 Å². The van der Waals surface area contributed by atoms with Gasteiger partial charge in [0.15, 0.2) is 0 Å². The quantitative estimate of drug-likeness (QED) is 0.442. The summed E-state index contributed by atoms with van der Waals surface area (Å²) in [7, 11) is -3.62. The summed E-state index contributed by atoms with van der Waals surface area (Å²) in [4.78, 5) is 9.91. The summed E-state index contributed by atoms with van der Waals surface area (Å²) in [5.74, 6) is 0. The number of anilines is 2. The van der Waals surface area contributed by atoms with Crippen molar-refractivity contribution >= 4 is 21.4 Å². The Kier molecular flexibility index (Phi) is 7.11. The fourth-order valence-electron chi connectivity index (χ4n) is 5.40. The molecule has 2 aromatic carbocycles. The number of aromatic nitrogens is 2. The highest BCUT2D eigenvalue weighted by Crippen LogP contribution is 2.33. The zero-order chi connectivity index (χ0) is 24.3. The third kappa shape index (κ3) is 5.23. The number of imidazole rings is 1. The van der Waals surface area contributed by atoms with Gasteiger partial charge in [-0.15, -0.1) is 0 Å². The van der Waals surface area contributed by atoms with Crippen LogP contribution >= 0.6 is 0 Å². The molecule has 1 saturated carbocycles. The molecule has 2 aliphatic rings. The summed E-state index contributed by atoms with van der Waals surface area (Å²) in [6.45, 7) is 5.29. The van der Waals surface area contributed by atoms with E-state index >= 15 is 0 Å². The van der Waals surface area contributed by atoms with Gasteiger partial charge in [0, 0.05) is 43.2 Å². The molecule has 1 aliphatic heterocycles. The summed E-state index contributed by atoms with van der Waals surface area (Å²) >= 11 is 0. The van der Waals surface area contributed by atoms with Crippen molar-refractivity contribution in [3.05, 3.63) is 71.8 Å². The van der Waals surface area contributed by atoms with Crippen molar-refractivity contribution in [3.8, 4) is 0 Å². The summed E-state index contributed by atoms with van der Waals surface area (Å²) in [6.07, 6.45) is 9.72. The van der Waals surface area contributed by atoms with E-state index in [0.717, 1.165) is 68.6 Å². The number of H-pyrrole nitrogens is 1. The molecule has 186 valence electrons. The Labute approximate surface area is 208 Å². The van der Waals surface area contributed by atoms with Crippen LogP contribution in [0.3, 0.4) is 0 Å². The maximum atomic E-state index is 13.8. The van der Waals surface area contributed by atoms with Crippen molar-refractivity contribution in [2.45, 2.75) is 69.5 Å². The molecule has 0 atom stereocenters. The maximum absolute atomic E-state index is 13.8. The Bertz CT molecular complexity index is 1220. The summed E-state index contributed by atoms with van der Waals surface area (Å²) in [6, 6.07) is 13.7. The van der Waals surface area contributed by atoms with Crippen molar-refractivity contribution in [2.24, 2.45) is 0 Å². The number of nitrogens with zero attached hydrogens (tertiary/aromatic N) is 3. The number of hydrogen-bond acceptors (Lipinski definition) is 5. The predicted octanol–water partition coefficient (Wildman–Crippen LogP) is 4.93. The molecule has 0 bridgehead atoms. The van der Waals surface area contributed by atoms with Crippen molar-refractivity contribution in [2.75, 3.05) is 23.3 Å². The number of nitrogens with one attached hydrogen (secondary N) is 2. The minimum absolute atomic E-state index is 0.0561. The first kappa shape index (κ1) is 23.9. The average molecular weight is 494 g/mol. The highest BCUT2D eigenvalue weighted by Gasteiger charge is 2.33. The van der Waals surface area contributed by atoms with Crippen LogP contribution in [0.5, 0.6) is 0 Å². The second kappa shape index (κ2) is 10.4. The van der Waals surface area contributed by atoms with Gasteiger partial charge in [-0.1, -0.05) is 25.0 Å². The Morgan fingerprint density at radius 1 is 1.11 bits per heavy atom. The lowest BCUT2D eigenvalue weighted by Gasteiger charge is -2.32. The normalized spacial score (nSPS) is 16.6. The van der Waals surface area contributed by atoms with Gasteiger partial charge < -0.3 is 15.2 Å². The smallest absolute Gasteiger partial charge is 0.243 e. The molecule has 1 aromatic heterocycles. The largest absolute Gasteiger partial charge is 0.379 e. The Morgan fingerprint density at radius 2 is 1.91 bits per heavy atom. The molecule has 35 heavy (non-hydrogen) atoms. The lowest BCUT2D eigenvalue weighted by atomic mass is 9.99. The van der Waals surface area contributed by atoms with Gasteiger partial charge in [0.2, 0.25) is 10.0 Å². The van der Waals surface area contributed by atoms with E-state index in [1.807, 2.05) is 18.3 Å². The van der Waals surface area contributed by atoms with Gasteiger partial charge in [0.1, 0.15) is 0 Å². The van der Waals surface area contributed by atoms with Gasteiger partial charge in [0.05, 0.1) is 23.5 Å². The first-order valence-corrected chi connectivity index (χ1v) is 14.2. The van der Waals surface area contributed by atoms with Crippen LogP contribution in [0, 0.1) is 0 Å². The summed E-state index contributed by atoms with van der Waals surface area (Å²) in [5.41, 5.74) is 5.49. The van der Waals surface area contributed by atoms with Crippen LogP contribution in [0.1, 0.15) is 55.8 Å². The van der Waals surface area contributed by atoms with Crippen LogP contribution in [0.25, 0.3) is 0 Å². The molecule has 8 heteroatoms. The third-order valence-electron chi connectivity index (χ3n) is 7.30. The number of sulfonamides is 1. The van der Waals surface area contributed by atoms with E-state index in [1.54, 1.807) is 22.8 Å². The molecule has 3 aromatic rings. The number of aromatic amines is 1. The first-order chi connectivity index (χ1) is 17.0. The van der Waals surface area contributed by atoms with Gasteiger partial charge in [-0.25, -0.2) is 13.4 Å². The van der Waals surface area contributed by atoms with Crippen molar-refractivity contribution in [1.29, 1.82) is 0 Å². The Hall–Kier alpha value is -2.84. The van der Waals surface area contributed by atoms with Gasteiger partial charge in [0.25, 0.3) is 0 Å². The standard InChI is InChI=1S/C27H35N5O2S/c1-2-31-15-5-6-22-16-21(9-14-27(22)31)19-32(25-7-3-4-8-25)35(33,34)26-12-10-23(11-13-26)29-18-24-17-28-20-30-24/h9-14,16-17,20,25,29H,2-8,15,18-19H2,1H3,(H,28,30). The van der Waals surface area contributed by atoms with Crippen LogP contribution in [0.2, 0.25) is 0 Å². The first-order valence-electron chi connectivity index (χ1n) is 12.7. The molecule has 0 unspecified atom stereocenters. The van der Waals surface area contributed by atoms with Crippen LogP contribution in [0.15, 0.2) is 59.9 Å². The van der Waals surface area contributed by atoms with Crippen LogP contribution in [0.4, 0.5) is 11.4 Å². The molecule has 1 fully saturated rings. The summed E-state index contributed by atoms with van der Waals surface area (Å²) < 4.78 is 29.5. The highest BCUT2D eigenvalue weighted by molar-refractivity contribution is 7.89. The van der Waals surface area contributed by atoms with Crippen LogP contribution in [-0.2, 0) is 29.5 Å². The topological polar surface area (TPSA) is 81.3 Å². The predicted molar refractivity (Wildman–Crippen MR) is 140 cm³/mol. The molecule has 5 rings (SSSR count). The van der Waals surface area contributed by atoms with Gasteiger partial charge in [-0.3, -0.25) is 0 Å². The van der Waals surface area contributed by atoms with Crippen molar-refractivity contribution < 1.29 is 8.42 Å². The zero-order valence-corrected chi connectivity index (χ0v) is 21.2. The fraction of sp³-hybridized carbons (Fsp3) is 0.444. The molecular weight excluding hydrogens is 458 g/mol. The van der Waals surface area contributed by atoms with Gasteiger partial charge >= 0.3 is 0 Å². The van der Waals surface area contributed by atoms with E-state index < -0.39 is 10.0 Å². The Balaban J connectivity index is 1.36. The summed E-state index contributed by atoms with van der Waals surface area (Å²) in [5, 5.41) is 3.29.